The summed E-state index contributed by atoms with van der Waals surface area (Å²) in [5.41, 5.74) is 1.85. The molecule has 2 aromatic carbocycles. The molecule has 1 N–H and O–H groups in total. The van der Waals surface area contributed by atoms with Gasteiger partial charge in [0.1, 0.15) is 6.61 Å². The second kappa shape index (κ2) is 14.9. The van der Waals surface area contributed by atoms with E-state index in [4.69, 9.17) is 9.84 Å². The summed E-state index contributed by atoms with van der Waals surface area (Å²) in [5.74, 6) is -1.40. The van der Waals surface area contributed by atoms with Crippen LogP contribution in [0.2, 0.25) is 0 Å². The van der Waals surface area contributed by atoms with Gasteiger partial charge in [-0.15, -0.1) is 0 Å². The Morgan fingerprint density at radius 3 is 1.97 bits per heavy atom. The molecule has 2 aliphatic rings. The lowest BCUT2D eigenvalue weighted by Gasteiger charge is -2.38. The van der Waals surface area contributed by atoms with Crippen LogP contribution in [0, 0.1) is 11.8 Å². The molecule has 10 heteroatoms. The van der Waals surface area contributed by atoms with Crippen molar-refractivity contribution in [1.29, 1.82) is 0 Å². The number of alkyl halides is 4. The zero-order valence-corrected chi connectivity index (χ0v) is 22.0. The molecule has 6 nitrogen and oxygen atoms in total. The van der Waals surface area contributed by atoms with E-state index in [1.165, 1.54) is 0 Å². The Morgan fingerprint density at radius 2 is 1.41 bits per heavy atom. The van der Waals surface area contributed by atoms with E-state index in [0.717, 1.165) is 29.0 Å². The van der Waals surface area contributed by atoms with Crippen molar-refractivity contribution in [1.82, 2.24) is 9.80 Å². The van der Waals surface area contributed by atoms with Gasteiger partial charge in [0, 0.05) is 19.6 Å². The van der Waals surface area contributed by atoms with Gasteiger partial charge in [-0.05, 0) is 42.7 Å². The van der Waals surface area contributed by atoms with Gasteiger partial charge in [0.2, 0.25) is 0 Å². The van der Waals surface area contributed by atoms with E-state index in [1.807, 2.05) is 35.2 Å². The molecule has 0 radical (unpaired) electrons. The summed E-state index contributed by atoms with van der Waals surface area (Å²) >= 11 is 0. The summed E-state index contributed by atoms with van der Waals surface area (Å²) in [7, 11) is 0. The summed E-state index contributed by atoms with van der Waals surface area (Å²) in [5, 5.41) is 9.00. The summed E-state index contributed by atoms with van der Waals surface area (Å²) in [6.07, 6.45) is -4.24. The molecule has 0 spiro atoms. The number of carbonyl (C=O) groups excluding carboxylic acids is 1. The minimum atomic E-state index is -2.72. The molecule has 2 aromatic rings. The molecule has 0 saturated carbocycles. The van der Waals surface area contributed by atoms with Gasteiger partial charge in [-0.3, -0.25) is 14.6 Å². The van der Waals surface area contributed by atoms with Crippen LogP contribution in [-0.4, -0.2) is 65.0 Å². The topological polar surface area (TPSA) is 70.1 Å². The number of likely N-dealkylation sites (tertiary alicyclic amines) is 2. The third kappa shape index (κ3) is 9.23. The van der Waals surface area contributed by atoms with Gasteiger partial charge in [-0.2, -0.15) is 0 Å². The highest BCUT2D eigenvalue weighted by Gasteiger charge is 2.40. The first-order valence-corrected chi connectivity index (χ1v) is 13.2. The zero-order chi connectivity index (χ0) is 28.4. The van der Waals surface area contributed by atoms with Gasteiger partial charge in [-0.25, -0.2) is 22.4 Å². The maximum Gasteiger partial charge on any atom is 0.410 e. The molecule has 2 unspecified atom stereocenters. The number of halogens is 4. The molecule has 1 amide bonds. The molecule has 0 aromatic heterocycles. The third-order valence-electron chi connectivity index (χ3n) is 7.20. The molecule has 0 aliphatic carbocycles. The van der Waals surface area contributed by atoms with Crippen LogP contribution in [0.1, 0.15) is 43.7 Å². The average Bonchev–Trinajstić information content (AvgIpc) is 2.92. The number of carbonyl (C=O) groups is 2. The molecule has 214 valence electrons. The fraction of sp³-hybridized carbons (Fsp3) is 0.517. The lowest BCUT2D eigenvalue weighted by atomic mass is 9.93. The number of ether oxygens (including phenoxy) is 1. The first-order chi connectivity index (χ1) is 18.7. The maximum atomic E-state index is 13.0. The number of aliphatic carboxylic acids is 1. The van der Waals surface area contributed by atoms with Crippen molar-refractivity contribution in [3.63, 3.8) is 0 Å². The van der Waals surface area contributed by atoms with Crippen LogP contribution in [0.25, 0.3) is 0 Å². The van der Waals surface area contributed by atoms with Gasteiger partial charge in [0.15, 0.2) is 0 Å². The summed E-state index contributed by atoms with van der Waals surface area (Å²) < 4.78 is 57.0. The number of nitrogens with zero attached hydrogens (tertiary/aromatic N) is 2. The lowest BCUT2D eigenvalue weighted by molar-refractivity contribution is -0.144. The molecule has 2 heterocycles. The normalized spacial score (nSPS) is 23.7. The summed E-state index contributed by atoms with van der Waals surface area (Å²) in [6, 6.07) is 16.9. The second-order valence-corrected chi connectivity index (χ2v) is 10.2. The molecule has 2 fully saturated rings. The lowest BCUT2D eigenvalue weighted by Crippen LogP contribution is -2.51. The number of piperidine rings is 2. The predicted molar refractivity (Wildman–Crippen MR) is 139 cm³/mol. The Balaban J connectivity index is 0.000000223. The number of amides is 1. The Kier molecular flexibility index (Phi) is 11.6. The van der Waals surface area contributed by atoms with Crippen LogP contribution in [0.5, 0.6) is 0 Å². The van der Waals surface area contributed by atoms with Crippen molar-refractivity contribution in [2.24, 2.45) is 11.8 Å². The van der Waals surface area contributed by atoms with E-state index < -0.39 is 42.9 Å². The van der Waals surface area contributed by atoms with Crippen LogP contribution in [0.3, 0.4) is 0 Å². The molecule has 2 aliphatic heterocycles. The van der Waals surface area contributed by atoms with E-state index in [2.05, 4.69) is 6.92 Å². The van der Waals surface area contributed by atoms with E-state index in [0.29, 0.717) is 18.9 Å². The first kappa shape index (κ1) is 30.4. The smallest absolute Gasteiger partial charge is 0.410 e. The van der Waals surface area contributed by atoms with Gasteiger partial charge >= 0.3 is 12.1 Å². The zero-order valence-electron chi connectivity index (χ0n) is 22.0. The monoisotopic (exact) mass is 552 g/mol. The summed E-state index contributed by atoms with van der Waals surface area (Å²) in [4.78, 5) is 25.8. The molecule has 0 bridgehead atoms. The van der Waals surface area contributed by atoms with Crippen molar-refractivity contribution < 1.29 is 37.0 Å². The van der Waals surface area contributed by atoms with Crippen molar-refractivity contribution in [3.05, 3.63) is 71.8 Å². The Morgan fingerprint density at radius 1 is 0.846 bits per heavy atom. The highest BCUT2D eigenvalue weighted by molar-refractivity contribution is 5.73. The fourth-order valence-electron chi connectivity index (χ4n) is 5.02. The SMILES string of the molecule is C[C@@H]1CC[C@H](C(F)F)N(Cc2ccccc2)C1.O=C(O)C1CCC(C(F)F)N(C(=O)OCc2ccccc2)C1. The van der Waals surface area contributed by atoms with Crippen molar-refractivity contribution in [3.8, 4) is 0 Å². The number of hydrogen-bond donors (Lipinski definition) is 1. The Bertz CT molecular complexity index is 1030. The van der Waals surface area contributed by atoms with Crippen LogP contribution >= 0.6 is 0 Å². The largest absolute Gasteiger partial charge is 0.481 e. The number of benzene rings is 2. The average molecular weight is 553 g/mol. The number of carboxylic acid groups (broad SMARTS) is 1. The van der Waals surface area contributed by atoms with Crippen LogP contribution in [0.15, 0.2) is 60.7 Å². The number of carboxylic acids is 1. The maximum absolute atomic E-state index is 13.0. The van der Waals surface area contributed by atoms with Crippen molar-refractivity contribution in [2.45, 2.75) is 70.7 Å². The van der Waals surface area contributed by atoms with E-state index in [-0.39, 0.29) is 26.0 Å². The highest BCUT2D eigenvalue weighted by Crippen LogP contribution is 2.28. The van der Waals surface area contributed by atoms with Gasteiger partial charge in [-0.1, -0.05) is 67.6 Å². The van der Waals surface area contributed by atoms with E-state index >= 15 is 0 Å². The molecule has 4 rings (SSSR count). The first-order valence-electron chi connectivity index (χ1n) is 13.2. The van der Waals surface area contributed by atoms with Crippen LogP contribution in [0.4, 0.5) is 22.4 Å². The van der Waals surface area contributed by atoms with Crippen molar-refractivity contribution >= 4 is 12.1 Å². The van der Waals surface area contributed by atoms with E-state index in [1.54, 1.807) is 30.3 Å². The van der Waals surface area contributed by atoms with Crippen LogP contribution < -0.4 is 0 Å². The van der Waals surface area contributed by atoms with Gasteiger partial charge in [0.05, 0.1) is 18.0 Å². The van der Waals surface area contributed by atoms with Crippen LogP contribution in [-0.2, 0) is 22.7 Å². The van der Waals surface area contributed by atoms with Gasteiger partial charge < -0.3 is 9.84 Å². The number of hydrogen-bond acceptors (Lipinski definition) is 4. The minimum absolute atomic E-state index is 0.0378. The highest BCUT2D eigenvalue weighted by atomic mass is 19.3. The molecular formula is C29H36F4N2O4. The second-order valence-electron chi connectivity index (χ2n) is 10.2. The molecule has 39 heavy (non-hydrogen) atoms. The Labute approximate surface area is 226 Å². The molecule has 4 atom stereocenters. The van der Waals surface area contributed by atoms with Gasteiger partial charge in [0.25, 0.3) is 12.9 Å². The molecular weight excluding hydrogens is 516 g/mol. The summed E-state index contributed by atoms with van der Waals surface area (Å²) in [6.45, 7) is 3.27. The number of rotatable bonds is 7. The van der Waals surface area contributed by atoms with Crippen molar-refractivity contribution in [2.75, 3.05) is 13.1 Å². The standard InChI is InChI=1S/C15H17F2NO4.C14H19F2N/c16-13(17)12-7-6-11(14(19)20)8-18(12)15(21)22-9-10-4-2-1-3-5-10;1-11-7-8-13(14(15)16)17(9-11)10-12-5-3-2-4-6-12/h1-5,11-13H,6-9H2,(H,19,20);2-6,11,13-14H,7-10H2,1H3/t;11-,13-/m.1/s1. The van der Waals surface area contributed by atoms with E-state index in [9.17, 15) is 27.2 Å². The molecule has 2 saturated heterocycles. The minimum Gasteiger partial charge on any atom is -0.481 e. The fourth-order valence-corrected chi connectivity index (χ4v) is 5.02. The third-order valence-corrected chi connectivity index (χ3v) is 7.20. The quantitative estimate of drug-likeness (QED) is 0.408. The predicted octanol–water partition coefficient (Wildman–Crippen LogP) is 6.31. The Hall–Kier alpha value is -3.14.